The second-order valence-electron chi connectivity index (χ2n) is 4.26. The fourth-order valence-electron chi connectivity index (χ4n) is 1.75. The third-order valence-electron chi connectivity index (χ3n) is 2.75. The van der Waals surface area contributed by atoms with Gasteiger partial charge in [0.1, 0.15) is 0 Å². The Morgan fingerprint density at radius 1 is 0.647 bits per heavy atom. The molecule has 1 rings (SSSR count). The molecule has 0 aromatic rings. The average molecular weight is 244 g/mol. The van der Waals surface area contributed by atoms with E-state index in [2.05, 4.69) is 27.9 Å². The first-order chi connectivity index (χ1) is 8.39. The average Bonchev–Trinajstić information content (AvgIpc) is 2.37. The van der Waals surface area contributed by atoms with Crippen molar-refractivity contribution in [1.82, 2.24) is 20.9 Å². The van der Waals surface area contributed by atoms with Gasteiger partial charge in [0.05, 0.1) is 0 Å². The van der Waals surface area contributed by atoms with Crippen molar-refractivity contribution < 1.29 is 0 Å². The second-order valence-corrected chi connectivity index (χ2v) is 4.26. The number of nitrogens with zero attached hydrogens (tertiary/aromatic N) is 1. The molecule has 4 nitrogen and oxygen atoms in total. The van der Waals surface area contributed by atoms with Gasteiger partial charge in [-0.05, 0) is 46.1 Å². The highest BCUT2D eigenvalue weighted by atomic mass is 15.1. The third kappa shape index (κ3) is 12.1. The lowest BCUT2D eigenvalue weighted by molar-refractivity contribution is 0.323. The van der Waals surface area contributed by atoms with Gasteiger partial charge in [-0.1, -0.05) is 13.8 Å². The van der Waals surface area contributed by atoms with Gasteiger partial charge in [0.15, 0.2) is 0 Å². The predicted molar refractivity (Wildman–Crippen MR) is 76.7 cm³/mol. The molecule has 0 amide bonds. The van der Waals surface area contributed by atoms with E-state index in [-0.39, 0.29) is 0 Å². The van der Waals surface area contributed by atoms with E-state index in [9.17, 15) is 0 Å². The highest BCUT2D eigenvalue weighted by Gasteiger charge is 1.98. The van der Waals surface area contributed by atoms with Gasteiger partial charge in [-0.3, -0.25) is 0 Å². The fraction of sp³-hybridized carbons (Fsp3) is 1.00. The molecule has 0 aromatic heterocycles. The second kappa shape index (κ2) is 13.9. The van der Waals surface area contributed by atoms with Gasteiger partial charge in [0.25, 0.3) is 0 Å². The number of likely N-dealkylation sites (N-methyl/N-ethyl adjacent to an activating group) is 1. The summed E-state index contributed by atoms with van der Waals surface area (Å²) in [6, 6.07) is 0. The van der Waals surface area contributed by atoms with Crippen LogP contribution in [0.25, 0.3) is 0 Å². The summed E-state index contributed by atoms with van der Waals surface area (Å²) >= 11 is 0. The largest absolute Gasteiger partial charge is 0.315 e. The van der Waals surface area contributed by atoms with Gasteiger partial charge < -0.3 is 20.9 Å². The summed E-state index contributed by atoms with van der Waals surface area (Å²) < 4.78 is 0. The molecule has 1 aliphatic rings. The number of nitrogens with one attached hydrogen (secondary N) is 3. The molecule has 1 saturated heterocycles. The van der Waals surface area contributed by atoms with Crippen molar-refractivity contribution in [1.29, 1.82) is 0 Å². The Labute approximate surface area is 108 Å². The van der Waals surface area contributed by atoms with Crippen molar-refractivity contribution in [2.24, 2.45) is 0 Å². The number of hydrogen-bond donors (Lipinski definition) is 3. The van der Waals surface area contributed by atoms with Gasteiger partial charge in [-0.2, -0.15) is 0 Å². The van der Waals surface area contributed by atoms with Crippen LogP contribution in [0.5, 0.6) is 0 Å². The zero-order valence-corrected chi connectivity index (χ0v) is 12.0. The quantitative estimate of drug-likeness (QED) is 0.580. The molecule has 1 heterocycles. The molecule has 1 aliphatic heterocycles. The smallest absolute Gasteiger partial charge is 0.0104 e. The molecule has 1 fully saturated rings. The van der Waals surface area contributed by atoms with Crippen LogP contribution in [0.1, 0.15) is 26.7 Å². The molecule has 0 aliphatic carbocycles. The summed E-state index contributed by atoms with van der Waals surface area (Å²) in [5.74, 6) is 0. The Kier molecular flexibility index (Phi) is 13.8. The van der Waals surface area contributed by atoms with Crippen molar-refractivity contribution in [3.63, 3.8) is 0 Å². The van der Waals surface area contributed by atoms with E-state index >= 15 is 0 Å². The van der Waals surface area contributed by atoms with Crippen LogP contribution in [0.3, 0.4) is 0 Å². The zero-order valence-electron chi connectivity index (χ0n) is 12.0. The van der Waals surface area contributed by atoms with Gasteiger partial charge in [-0.25, -0.2) is 0 Å². The minimum atomic E-state index is 1.09. The summed E-state index contributed by atoms with van der Waals surface area (Å²) in [5.41, 5.74) is 0. The maximum Gasteiger partial charge on any atom is 0.0104 e. The zero-order chi connectivity index (χ0) is 12.8. The van der Waals surface area contributed by atoms with E-state index in [0.29, 0.717) is 0 Å². The van der Waals surface area contributed by atoms with Crippen molar-refractivity contribution in [3.05, 3.63) is 0 Å². The molecule has 0 bridgehead atoms. The number of rotatable bonds is 0. The molecule has 104 valence electrons. The topological polar surface area (TPSA) is 39.3 Å². The first-order valence-corrected chi connectivity index (χ1v) is 7.20. The molecule has 0 saturated carbocycles. The van der Waals surface area contributed by atoms with Crippen LogP contribution in [0.2, 0.25) is 0 Å². The van der Waals surface area contributed by atoms with Gasteiger partial charge in [0, 0.05) is 26.2 Å². The SMILES string of the molecule is CC.CN1CCCNCCNCCCNCC1. The highest BCUT2D eigenvalue weighted by molar-refractivity contribution is 4.60. The summed E-state index contributed by atoms with van der Waals surface area (Å²) in [6.45, 7) is 13.1. The van der Waals surface area contributed by atoms with Crippen molar-refractivity contribution in [3.8, 4) is 0 Å². The van der Waals surface area contributed by atoms with Crippen LogP contribution < -0.4 is 16.0 Å². The highest BCUT2D eigenvalue weighted by Crippen LogP contribution is 1.86. The molecule has 4 heteroatoms. The molecule has 17 heavy (non-hydrogen) atoms. The molecule has 0 spiro atoms. The first-order valence-electron chi connectivity index (χ1n) is 7.20. The lowest BCUT2D eigenvalue weighted by Crippen LogP contribution is -2.35. The number of hydrogen-bond acceptors (Lipinski definition) is 4. The minimum absolute atomic E-state index is 1.09. The summed E-state index contributed by atoms with van der Waals surface area (Å²) in [6.07, 6.45) is 2.47. The fourth-order valence-corrected chi connectivity index (χ4v) is 1.75. The Morgan fingerprint density at radius 2 is 1.18 bits per heavy atom. The van der Waals surface area contributed by atoms with Gasteiger partial charge >= 0.3 is 0 Å². The molecule has 0 radical (unpaired) electrons. The molecule has 0 aromatic carbocycles. The molecule has 0 atom stereocenters. The van der Waals surface area contributed by atoms with E-state index in [1.165, 1.54) is 19.4 Å². The van der Waals surface area contributed by atoms with Crippen LogP contribution >= 0.6 is 0 Å². The van der Waals surface area contributed by atoms with Crippen LogP contribution in [0, 0.1) is 0 Å². The standard InChI is InChI=1S/C11H26N4.C2H6/c1-15-10-3-6-13-8-7-12-4-2-5-14-9-11-15;1-2/h12-14H,2-11H2,1H3;1-2H3. The Hall–Kier alpha value is -0.160. The maximum atomic E-state index is 3.47. The normalized spacial score (nSPS) is 22.1. The Bertz CT molecular complexity index is 127. The van der Waals surface area contributed by atoms with Crippen LogP contribution in [0.4, 0.5) is 0 Å². The maximum absolute atomic E-state index is 3.47. The van der Waals surface area contributed by atoms with E-state index < -0.39 is 0 Å². The summed E-state index contributed by atoms with van der Waals surface area (Å²) in [7, 11) is 2.20. The monoisotopic (exact) mass is 244 g/mol. The van der Waals surface area contributed by atoms with Gasteiger partial charge in [-0.15, -0.1) is 0 Å². The van der Waals surface area contributed by atoms with Crippen LogP contribution in [0.15, 0.2) is 0 Å². The minimum Gasteiger partial charge on any atom is -0.315 e. The predicted octanol–water partition coefficient (Wildman–Crippen LogP) is 0.507. The van der Waals surface area contributed by atoms with Crippen molar-refractivity contribution in [2.75, 3.05) is 59.4 Å². The molecule has 0 unspecified atom stereocenters. The molecule has 3 N–H and O–H groups in total. The van der Waals surface area contributed by atoms with E-state index in [1.54, 1.807) is 0 Å². The summed E-state index contributed by atoms with van der Waals surface area (Å²) in [5, 5.41) is 10.4. The van der Waals surface area contributed by atoms with Crippen molar-refractivity contribution >= 4 is 0 Å². The molecular weight excluding hydrogens is 212 g/mol. The van der Waals surface area contributed by atoms with Crippen LogP contribution in [-0.2, 0) is 0 Å². The van der Waals surface area contributed by atoms with E-state index in [0.717, 1.165) is 45.8 Å². The lowest BCUT2D eigenvalue weighted by atomic mass is 10.3. The van der Waals surface area contributed by atoms with E-state index in [4.69, 9.17) is 0 Å². The summed E-state index contributed by atoms with van der Waals surface area (Å²) in [4.78, 5) is 2.40. The molecular formula is C13H32N4. The Balaban J connectivity index is 0.00000121. The third-order valence-corrected chi connectivity index (χ3v) is 2.75. The van der Waals surface area contributed by atoms with Crippen LogP contribution in [-0.4, -0.2) is 64.3 Å². The van der Waals surface area contributed by atoms with E-state index in [1.807, 2.05) is 13.8 Å². The Morgan fingerprint density at radius 3 is 1.82 bits per heavy atom. The lowest BCUT2D eigenvalue weighted by Gasteiger charge is -2.17. The first kappa shape index (κ1) is 16.8. The van der Waals surface area contributed by atoms with Gasteiger partial charge in [0.2, 0.25) is 0 Å². The van der Waals surface area contributed by atoms with Crippen molar-refractivity contribution in [2.45, 2.75) is 26.7 Å².